The number of halogens is 1. The molecule has 1 aliphatic heterocycles. The second kappa shape index (κ2) is 12.2. The highest BCUT2D eigenvalue weighted by atomic mass is 35.5. The van der Waals surface area contributed by atoms with Gasteiger partial charge in [0.2, 0.25) is 5.91 Å². The fraction of sp³-hybridized carbons (Fsp3) is 0.650. The molecule has 0 atom stereocenters. The molecule has 0 unspecified atom stereocenters. The van der Waals surface area contributed by atoms with Crippen LogP contribution in [0.3, 0.4) is 0 Å². The van der Waals surface area contributed by atoms with Gasteiger partial charge in [-0.1, -0.05) is 26.0 Å². The molecular weight excluding hydrogens is 336 g/mol. The molecule has 0 bridgehead atoms. The molecule has 4 nitrogen and oxygen atoms in total. The Balaban J connectivity index is 0.00000312. The Kier molecular flexibility index (Phi) is 10.6. The number of rotatable bonds is 9. The van der Waals surface area contributed by atoms with Crippen LogP contribution in [0.25, 0.3) is 0 Å². The number of hydrogen-bond donors (Lipinski definition) is 1. The lowest BCUT2D eigenvalue weighted by atomic mass is 9.96. The lowest BCUT2D eigenvalue weighted by Gasteiger charge is -2.32. The molecular formula is C20H33ClN2O2. The van der Waals surface area contributed by atoms with Gasteiger partial charge in [0, 0.05) is 19.5 Å². The number of ether oxygens (including phenoxy) is 1. The van der Waals surface area contributed by atoms with Crippen molar-refractivity contribution in [2.45, 2.75) is 46.0 Å². The van der Waals surface area contributed by atoms with E-state index >= 15 is 0 Å². The molecule has 142 valence electrons. The monoisotopic (exact) mass is 368 g/mol. The minimum Gasteiger partial charge on any atom is -0.494 e. The third-order valence-electron chi connectivity index (χ3n) is 4.67. The van der Waals surface area contributed by atoms with Crippen molar-refractivity contribution in [3.63, 3.8) is 0 Å². The average Bonchev–Trinajstić information content (AvgIpc) is 2.64. The fourth-order valence-corrected chi connectivity index (χ4v) is 3.12. The molecule has 0 saturated carbocycles. The summed E-state index contributed by atoms with van der Waals surface area (Å²) in [4.78, 5) is 14.4. The van der Waals surface area contributed by atoms with Crippen LogP contribution in [0.5, 0.6) is 5.75 Å². The Morgan fingerprint density at radius 3 is 2.48 bits per heavy atom. The summed E-state index contributed by atoms with van der Waals surface area (Å²) in [5.41, 5.74) is 1.20. The summed E-state index contributed by atoms with van der Waals surface area (Å²) in [5.74, 6) is 1.93. The molecule has 1 aliphatic rings. The Bertz CT molecular complexity index is 485. The van der Waals surface area contributed by atoms with Crippen molar-refractivity contribution in [1.29, 1.82) is 0 Å². The van der Waals surface area contributed by atoms with Gasteiger partial charge in [0.25, 0.3) is 0 Å². The normalized spacial score (nSPS) is 14.9. The van der Waals surface area contributed by atoms with Gasteiger partial charge in [0.15, 0.2) is 0 Å². The summed E-state index contributed by atoms with van der Waals surface area (Å²) >= 11 is 0. The minimum absolute atomic E-state index is 0. The number of piperidine rings is 1. The molecule has 1 fully saturated rings. The summed E-state index contributed by atoms with van der Waals surface area (Å²) in [7, 11) is 0. The van der Waals surface area contributed by atoms with Gasteiger partial charge in [-0.2, -0.15) is 0 Å². The Hall–Kier alpha value is -1.26. The zero-order chi connectivity index (χ0) is 17.2. The molecule has 1 aromatic rings. The maximum atomic E-state index is 12.4. The molecule has 0 radical (unpaired) electrons. The average molecular weight is 369 g/mol. The van der Waals surface area contributed by atoms with Crippen LogP contribution < -0.4 is 10.1 Å². The van der Waals surface area contributed by atoms with Gasteiger partial charge in [-0.05, 0) is 62.4 Å². The summed E-state index contributed by atoms with van der Waals surface area (Å²) < 4.78 is 5.59. The van der Waals surface area contributed by atoms with Crippen molar-refractivity contribution in [3.05, 3.63) is 29.8 Å². The first kappa shape index (κ1) is 21.8. The van der Waals surface area contributed by atoms with Crippen LogP contribution >= 0.6 is 12.4 Å². The number of nitrogens with one attached hydrogen (secondary N) is 1. The topological polar surface area (TPSA) is 41.6 Å². The second-order valence-electron chi connectivity index (χ2n) is 6.62. The van der Waals surface area contributed by atoms with E-state index in [1.54, 1.807) is 0 Å². The summed E-state index contributed by atoms with van der Waals surface area (Å²) in [5, 5.41) is 3.41. The van der Waals surface area contributed by atoms with E-state index in [1.165, 1.54) is 5.56 Å². The largest absolute Gasteiger partial charge is 0.494 e. The summed E-state index contributed by atoms with van der Waals surface area (Å²) in [6, 6.07) is 8.14. The summed E-state index contributed by atoms with van der Waals surface area (Å²) in [6.45, 7) is 8.94. The van der Waals surface area contributed by atoms with Gasteiger partial charge in [-0.15, -0.1) is 12.4 Å². The highest BCUT2D eigenvalue weighted by Gasteiger charge is 2.22. The first-order chi connectivity index (χ1) is 11.7. The van der Waals surface area contributed by atoms with Crippen LogP contribution in [0.4, 0.5) is 0 Å². The molecule has 1 heterocycles. The Labute approximate surface area is 158 Å². The number of amides is 1. The smallest absolute Gasteiger partial charge is 0.222 e. The Morgan fingerprint density at radius 1 is 1.20 bits per heavy atom. The van der Waals surface area contributed by atoms with Gasteiger partial charge in [-0.25, -0.2) is 0 Å². The molecule has 1 aromatic carbocycles. The molecule has 1 saturated heterocycles. The van der Waals surface area contributed by atoms with E-state index in [9.17, 15) is 4.79 Å². The third-order valence-corrected chi connectivity index (χ3v) is 4.67. The van der Waals surface area contributed by atoms with Crippen LogP contribution in [0.15, 0.2) is 24.3 Å². The maximum absolute atomic E-state index is 12.4. The lowest BCUT2D eigenvalue weighted by Crippen LogP contribution is -2.40. The zero-order valence-electron chi connectivity index (χ0n) is 15.6. The number of carbonyl (C=O) groups excluding carboxylic acids is 1. The first-order valence-corrected chi connectivity index (χ1v) is 9.43. The van der Waals surface area contributed by atoms with E-state index in [1.807, 2.05) is 17.0 Å². The Morgan fingerprint density at radius 2 is 1.88 bits per heavy atom. The highest BCUT2D eigenvalue weighted by Crippen LogP contribution is 2.18. The molecule has 0 aliphatic carbocycles. The SMILES string of the molecule is CCCOc1ccc(CCC(=O)N2CCC(CNCC)CC2)cc1.Cl. The van der Waals surface area contributed by atoms with Gasteiger partial charge in [0.05, 0.1) is 6.61 Å². The van der Waals surface area contributed by atoms with E-state index < -0.39 is 0 Å². The van der Waals surface area contributed by atoms with E-state index in [0.717, 1.165) is 70.1 Å². The van der Waals surface area contributed by atoms with Crippen molar-refractivity contribution < 1.29 is 9.53 Å². The number of benzene rings is 1. The van der Waals surface area contributed by atoms with Crippen molar-refractivity contribution in [2.24, 2.45) is 5.92 Å². The van der Waals surface area contributed by atoms with E-state index in [4.69, 9.17) is 4.74 Å². The predicted molar refractivity (Wildman–Crippen MR) is 106 cm³/mol. The van der Waals surface area contributed by atoms with E-state index in [-0.39, 0.29) is 12.4 Å². The third kappa shape index (κ3) is 7.66. The first-order valence-electron chi connectivity index (χ1n) is 9.43. The van der Waals surface area contributed by atoms with Crippen LogP contribution in [-0.4, -0.2) is 43.6 Å². The molecule has 25 heavy (non-hydrogen) atoms. The minimum atomic E-state index is 0. The number of likely N-dealkylation sites (tertiary alicyclic amines) is 1. The van der Waals surface area contributed by atoms with Gasteiger partial charge in [-0.3, -0.25) is 4.79 Å². The van der Waals surface area contributed by atoms with Crippen LogP contribution in [0.1, 0.15) is 45.1 Å². The number of hydrogen-bond acceptors (Lipinski definition) is 3. The molecule has 0 aromatic heterocycles. The van der Waals surface area contributed by atoms with Crippen LogP contribution in [0, 0.1) is 5.92 Å². The van der Waals surface area contributed by atoms with Crippen molar-refractivity contribution >= 4 is 18.3 Å². The van der Waals surface area contributed by atoms with Gasteiger partial charge >= 0.3 is 0 Å². The van der Waals surface area contributed by atoms with Gasteiger partial charge < -0.3 is 15.0 Å². The number of carbonyl (C=O) groups is 1. The number of aryl methyl sites for hydroxylation is 1. The van der Waals surface area contributed by atoms with Crippen molar-refractivity contribution in [3.8, 4) is 5.75 Å². The van der Waals surface area contributed by atoms with Crippen LogP contribution in [-0.2, 0) is 11.2 Å². The quantitative estimate of drug-likeness (QED) is 0.723. The predicted octanol–water partition coefficient (Wildman–Crippen LogP) is 3.68. The van der Waals surface area contributed by atoms with Crippen molar-refractivity contribution in [1.82, 2.24) is 10.2 Å². The molecule has 1 N–H and O–H groups in total. The molecule has 5 heteroatoms. The van der Waals surface area contributed by atoms with E-state index in [2.05, 4.69) is 31.3 Å². The second-order valence-corrected chi connectivity index (χ2v) is 6.62. The molecule has 0 spiro atoms. The zero-order valence-corrected chi connectivity index (χ0v) is 16.4. The molecule has 1 amide bonds. The standard InChI is InChI=1S/C20H32N2O2.ClH/c1-3-15-24-19-8-5-17(6-9-19)7-10-20(23)22-13-11-18(12-14-22)16-21-4-2;/h5-6,8-9,18,21H,3-4,7,10-16H2,1-2H3;1H. The lowest BCUT2D eigenvalue weighted by molar-refractivity contribution is -0.132. The van der Waals surface area contributed by atoms with Crippen molar-refractivity contribution in [2.75, 3.05) is 32.8 Å². The highest BCUT2D eigenvalue weighted by molar-refractivity contribution is 5.85. The van der Waals surface area contributed by atoms with Crippen LogP contribution in [0.2, 0.25) is 0 Å². The number of nitrogens with zero attached hydrogens (tertiary/aromatic N) is 1. The summed E-state index contributed by atoms with van der Waals surface area (Å²) in [6.07, 6.45) is 4.68. The molecule has 2 rings (SSSR count). The van der Waals surface area contributed by atoms with E-state index in [0.29, 0.717) is 12.3 Å². The van der Waals surface area contributed by atoms with Gasteiger partial charge in [0.1, 0.15) is 5.75 Å². The maximum Gasteiger partial charge on any atom is 0.222 e. The fourth-order valence-electron chi connectivity index (χ4n) is 3.12.